The van der Waals surface area contributed by atoms with Crippen LogP contribution in [-0.4, -0.2) is 10.5 Å². The third kappa shape index (κ3) is 1.66. The van der Waals surface area contributed by atoms with Crippen LogP contribution in [0.3, 0.4) is 0 Å². The van der Waals surface area contributed by atoms with Crippen molar-refractivity contribution in [2.75, 3.05) is 0 Å². The number of hydrogen-bond acceptors (Lipinski definition) is 4. The molecule has 0 bridgehead atoms. The Balaban J connectivity index is 2.58. The van der Waals surface area contributed by atoms with Crippen LogP contribution in [0.5, 0.6) is 5.75 Å². The molecule has 1 aromatic rings. The quantitative estimate of drug-likeness (QED) is 0.312. The van der Waals surface area contributed by atoms with Crippen LogP contribution in [0.25, 0.3) is 0 Å². The molecule has 0 aliphatic carbocycles. The number of pyridine rings is 1. The van der Waals surface area contributed by atoms with Crippen molar-refractivity contribution >= 4 is 5.69 Å². The molecule has 0 saturated carbocycles. The van der Waals surface area contributed by atoms with Crippen molar-refractivity contribution in [1.82, 2.24) is 0 Å². The molecule has 16 heavy (non-hydrogen) atoms. The maximum atomic E-state index is 11.5. The van der Waals surface area contributed by atoms with Crippen molar-refractivity contribution in [2.45, 2.75) is 32.3 Å². The van der Waals surface area contributed by atoms with E-state index < -0.39 is 10.5 Å². The highest BCUT2D eigenvalue weighted by atomic mass is 16.6. The molecule has 1 aliphatic rings. The molecule has 86 valence electrons. The zero-order valence-electron chi connectivity index (χ0n) is 9.10. The van der Waals surface area contributed by atoms with Crippen LogP contribution in [0, 0.1) is 15.3 Å². The lowest BCUT2D eigenvalue weighted by molar-refractivity contribution is -0.616. The summed E-state index contributed by atoms with van der Waals surface area (Å²) in [5, 5.41) is 22.3. The largest absolute Gasteiger partial charge is 0.618 e. The molecule has 2 rings (SSSR count). The third-order valence-corrected chi connectivity index (χ3v) is 2.67. The topological polar surface area (TPSA) is 79.3 Å². The standard InChI is InChI=1S/C10H12N2O4/c1-10(2)5-3-7-9(16-10)8(12(14)15)4-6-11(7)13/h4,6H,3,5H2,1-2H3. The molecule has 0 radical (unpaired) electrons. The lowest BCUT2D eigenvalue weighted by Gasteiger charge is -2.30. The maximum Gasteiger partial charge on any atom is 0.323 e. The number of aromatic nitrogens is 1. The van der Waals surface area contributed by atoms with E-state index in [1.807, 2.05) is 13.8 Å². The van der Waals surface area contributed by atoms with Crippen molar-refractivity contribution in [3.8, 4) is 5.75 Å². The summed E-state index contributed by atoms with van der Waals surface area (Å²) in [6, 6.07) is 1.17. The van der Waals surface area contributed by atoms with Gasteiger partial charge in [-0.2, -0.15) is 4.73 Å². The molecule has 1 aromatic heterocycles. The Morgan fingerprint density at radius 1 is 1.56 bits per heavy atom. The monoisotopic (exact) mass is 224 g/mol. The minimum atomic E-state index is -0.528. The maximum absolute atomic E-state index is 11.5. The van der Waals surface area contributed by atoms with Gasteiger partial charge in [0.25, 0.3) is 5.75 Å². The molecule has 0 fully saturated rings. The molecular formula is C10H12N2O4. The van der Waals surface area contributed by atoms with E-state index >= 15 is 0 Å². The van der Waals surface area contributed by atoms with Gasteiger partial charge in [-0.25, -0.2) is 0 Å². The molecule has 0 atom stereocenters. The van der Waals surface area contributed by atoms with E-state index in [9.17, 15) is 15.3 Å². The number of nitrogens with zero attached hydrogens (tertiary/aromatic N) is 2. The smallest absolute Gasteiger partial charge is 0.323 e. The van der Waals surface area contributed by atoms with Gasteiger partial charge in [0, 0.05) is 6.42 Å². The van der Waals surface area contributed by atoms with Gasteiger partial charge in [0.1, 0.15) is 5.60 Å². The van der Waals surface area contributed by atoms with Gasteiger partial charge in [-0.1, -0.05) is 0 Å². The Labute approximate surface area is 92.2 Å². The van der Waals surface area contributed by atoms with Gasteiger partial charge in [0.2, 0.25) is 5.69 Å². The summed E-state index contributed by atoms with van der Waals surface area (Å²) < 4.78 is 6.17. The molecule has 0 spiro atoms. The highest BCUT2D eigenvalue weighted by Crippen LogP contribution is 2.37. The van der Waals surface area contributed by atoms with E-state index in [1.54, 1.807) is 0 Å². The van der Waals surface area contributed by atoms with Crippen LogP contribution in [0.1, 0.15) is 26.0 Å². The van der Waals surface area contributed by atoms with Crippen molar-refractivity contribution in [3.63, 3.8) is 0 Å². The Kier molecular flexibility index (Phi) is 2.22. The fraction of sp³-hybridized carbons (Fsp3) is 0.500. The minimum Gasteiger partial charge on any atom is -0.618 e. The first-order valence-electron chi connectivity index (χ1n) is 4.99. The summed E-state index contributed by atoms with van der Waals surface area (Å²) in [6.07, 6.45) is 2.32. The second kappa shape index (κ2) is 3.33. The molecule has 2 heterocycles. The highest BCUT2D eigenvalue weighted by Gasteiger charge is 2.36. The van der Waals surface area contributed by atoms with Crippen LogP contribution >= 0.6 is 0 Å². The zero-order valence-corrected chi connectivity index (χ0v) is 9.10. The first-order valence-corrected chi connectivity index (χ1v) is 4.99. The van der Waals surface area contributed by atoms with Gasteiger partial charge in [-0.15, -0.1) is 0 Å². The second-order valence-corrected chi connectivity index (χ2v) is 4.42. The molecule has 0 amide bonds. The van der Waals surface area contributed by atoms with Crippen LogP contribution in [0.2, 0.25) is 0 Å². The van der Waals surface area contributed by atoms with Gasteiger partial charge in [0.15, 0.2) is 6.20 Å². The second-order valence-electron chi connectivity index (χ2n) is 4.42. The minimum absolute atomic E-state index is 0.110. The van der Waals surface area contributed by atoms with Gasteiger partial charge >= 0.3 is 5.69 Å². The summed E-state index contributed by atoms with van der Waals surface area (Å²) in [4.78, 5) is 10.3. The first kappa shape index (κ1) is 10.7. The lowest BCUT2D eigenvalue weighted by Crippen LogP contribution is -2.40. The van der Waals surface area contributed by atoms with Crippen LogP contribution in [0.4, 0.5) is 5.69 Å². The molecular weight excluding hydrogens is 212 g/mol. The average molecular weight is 224 g/mol. The number of ether oxygens (including phenoxy) is 1. The van der Waals surface area contributed by atoms with Crippen LogP contribution < -0.4 is 9.47 Å². The summed E-state index contributed by atoms with van der Waals surface area (Å²) in [6.45, 7) is 3.70. The molecule has 6 nitrogen and oxygen atoms in total. The van der Waals surface area contributed by atoms with E-state index in [0.29, 0.717) is 23.3 Å². The predicted octanol–water partition coefficient (Wildman–Crippen LogP) is 1.33. The highest BCUT2D eigenvalue weighted by molar-refractivity contribution is 5.48. The van der Waals surface area contributed by atoms with Crippen LogP contribution in [0.15, 0.2) is 12.3 Å². The Morgan fingerprint density at radius 3 is 2.88 bits per heavy atom. The van der Waals surface area contributed by atoms with Gasteiger partial charge in [-0.05, 0) is 20.3 Å². The zero-order chi connectivity index (χ0) is 11.9. The number of hydrogen-bond donors (Lipinski definition) is 0. The normalized spacial score (nSPS) is 17.4. The van der Waals surface area contributed by atoms with E-state index in [0.717, 1.165) is 6.20 Å². The fourth-order valence-electron chi connectivity index (χ4n) is 1.78. The molecule has 0 aromatic carbocycles. The van der Waals surface area contributed by atoms with E-state index in [4.69, 9.17) is 4.74 Å². The average Bonchev–Trinajstić information content (AvgIpc) is 2.15. The number of fused-ring (bicyclic) bond motifs is 1. The predicted molar refractivity (Wildman–Crippen MR) is 55.1 cm³/mol. The first-order chi connectivity index (χ1) is 7.41. The SMILES string of the molecule is CC1(C)CCc2c(c([N+](=O)[O-])cc[n+]2[O-])O1. The molecule has 0 saturated heterocycles. The van der Waals surface area contributed by atoms with Gasteiger partial charge in [0.05, 0.1) is 11.0 Å². The Morgan fingerprint density at radius 2 is 2.25 bits per heavy atom. The molecule has 6 heteroatoms. The summed E-state index contributed by atoms with van der Waals surface area (Å²) in [5.74, 6) is 0.110. The molecule has 0 N–H and O–H groups in total. The Bertz CT molecular complexity index is 456. The van der Waals surface area contributed by atoms with E-state index in [1.165, 1.54) is 6.07 Å². The number of rotatable bonds is 1. The summed E-state index contributed by atoms with van der Waals surface area (Å²) >= 11 is 0. The molecule has 1 aliphatic heterocycles. The Hall–Kier alpha value is -1.85. The van der Waals surface area contributed by atoms with Gasteiger partial charge < -0.3 is 9.94 Å². The summed E-state index contributed by atoms with van der Waals surface area (Å²) in [7, 11) is 0. The van der Waals surface area contributed by atoms with E-state index in [2.05, 4.69) is 0 Å². The summed E-state index contributed by atoms with van der Waals surface area (Å²) in [5.41, 5.74) is -0.269. The lowest BCUT2D eigenvalue weighted by atomic mass is 9.97. The van der Waals surface area contributed by atoms with Crippen molar-refractivity contribution in [1.29, 1.82) is 0 Å². The molecule has 0 unspecified atom stereocenters. The van der Waals surface area contributed by atoms with Crippen molar-refractivity contribution < 1.29 is 14.4 Å². The fourth-order valence-corrected chi connectivity index (χ4v) is 1.78. The van der Waals surface area contributed by atoms with E-state index in [-0.39, 0.29) is 11.4 Å². The van der Waals surface area contributed by atoms with Crippen molar-refractivity contribution in [3.05, 3.63) is 33.3 Å². The third-order valence-electron chi connectivity index (χ3n) is 2.67. The van der Waals surface area contributed by atoms with Crippen molar-refractivity contribution in [2.24, 2.45) is 0 Å². The van der Waals surface area contributed by atoms with Crippen LogP contribution in [-0.2, 0) is 6.42 Å². The number of nitro groups is 1. The van der Waals surface area contributed by atoms with Gasteiger partial charge in [-0.3, -0.25) is 10.1 Å².